The number of amides is 2. The number of benzene rings is 1. The van der Waals surface area contributed by atoms with E-state index in [0.29, 0.717) is 17.9 Å². The van der Waals surface area contributed by atoms with Gasteiger partial charge in [-0.25, -0.2) is 4.99 Å². The monoisotopic (exact) mass is 609 g/mol. The molecule has 0 radical (unpaired) electrons. The SMILES string of the molecule is CCC(C)=CN=C1NC(c2ccc(NC(=O)c3cc(CN4CCCC(NC(=O)/C=C/CN(C)C)C4)ccn3)cc2)=CC1=C(C)C. The van der Waals surface area contributed by atoms with E-state index in [1.165, 1.54) is 11.1 Å². The molecule has 0 aliphatic carbocycles. The molecule has 2 aliphatic rings. The molecule has 9 nitrogen and oxygen atoms in total. The van der Waals surface area contributed by atoms with Crippen LogP contribution in [0.4, 0.5) is 5.69 Å². The maximum absolute atomic E-state index is 13.1. The van der Waals surface area contributed by atoms with Gasteiger partial charge in [-0.1, -0.05) is 36.3 Å². The van der Waals surface area contributed by atoms with Crippen LogP contribution in [0.1, 0.15) is 68.6 Å². The smallest absolute Gasteiger partial charge is 0.274 e. The van der Waals surface area contributed by atoms with Gasteiger partial charge < -0.3 is 20.9 Å². The minimum atomic E-state index is -0.254. The van der Waals surface area contributed by atoms with E-state index >= 15 is 0 Å². The number of allylic oxidation sites excluding steroid dienone is 2. The number of carbonyl (C=O) groups excluding carboxylic acids is 2. The summed E-state index contributed by atoms with van der Waals surface area (Å²) in [4.78, 5) is 38.8. The van der Waals surface area contributed by atoms with Gasteiger partial charge in [0.15, 0.2) is 0 Å². The molecular weight excluding hydrogens is 562 g/mol. The van der Waals surface area contributed by atoms with Crippen LogP contribution in [0.5, 0.6) is 0 Å². The van der Waals surface area contributed by atoms with E-state index in [9.17, 15) is 9.59 Å². The van der Waals surface area contributed by atoms with E-state index in [-0.39, 0.29) is 17.9 Å². The third kappa shape index (κ3) is 10.1. The van der Waals surface area contributed by atoms with Crippen molar-refractivity contribution in [2.24, 2.45) is 4.99 Å². The molecule has 1 aromatic heterocycles. The number of hydrogen-bond donors (Lipinski definition) is 3. The molecule has 2 amide bonds. The third-order valence-electron chi connectivity index (χ3n) is 7.82. The Balaban J connectivity index is 1.34. The van der Waals surface area contributed by atoms with Crippen LogP contribution in [0, 0.1) is 0 Å². The highest BCUT2D eigenvalue weighted by atomic mass is 16.2. The van der Waals surface area contributed by atoms with E-state index < -0.39 is 0 Å². The number of rotatable bonds is 11. The zero-order valence-electron chi connectivity index (χ0n) is 27.5. The van der Waals surface area contributed by atoms with Gasteiger partial charge in [0.2, 0.25) is 5.91 Å². The number of likely N-dealkylation sites (N-methyl/N-ethyl adjacent to an activating group) is 1. The Hall–Kier alpha value is -4.34. The Kier molecular flexibility index (Phi) is 12.0. The maximum atomic E-state index is 13.1. The summed E-state index contributed by atoms with van der Waals surface area (Å²) in [6.45, 7) is 11.5. The van der Waals surface area contributed by atoms with E-state index in [0.717, 1.165) is 67.1 Å². The van der Waals surface area contributed by atoms with Gasteiger partial charge in [0.1, 0.15) is 11.5 Å². The molecule has 4 rings (SSSR count). The molecule has 1 fully saturated rings. The number of nitrogens with zero attached hydrogens (tertiary/aromatic N) is 4. The normalized spacial score (nSPS) is 18.3. The summed E-state index contributed by atoms with van der Waals surface area (Å²) in [6.07, 6.45) is 12.1. The molecule has 3 N–H and O–H groups in total. The van der Waals surface area contributed by atoms with E-state index in [2.05, 4.69) is 64.6 Å². The lowest BCUT2D eigenvalue weighted by Crippen LogP contribution is -2.47. The molecule has 1 aromatic carbocycles. The van der Waals surface area contributed by atoms with Crippen LogP contribution in [0.3, 0.4) is 0 Å². The van der Waals surface area contributed by atoms with Crippen LogP contribution in [0.2, 0.25) is 0 Å². The number of carbonyl (C=O) groups is 2. The molecule has 1 unspecified atom stereocenters. The summed E-state index contributed by atoms with van der Waals surface area (Å²) in [5, 5.41) is 9.56. The number of piperidine rings is 1. The first-order chi connectivity index (χ1) is 21.6. The highest BCUT2D eigenvalue weighted by Gasteiger charge is 2.22. The van der Waals surface area contributed by atoms with Gasteiger partial charge in [0, 0.05) is 61.1 Å². The van der Waals surface area contributed by atoms with Gasteiger partial charge in [-0.05, 0) is 102 Å². The van der Waals surface area contributed by atoms with Crippen molar-refractivity contribution in [3.63, 3.8) is 0 Å². The van der Waals surface area contributed by atoms with Crippen LogP contribution in [0.25, 0.3) is 5.70 Å². The lowest BCUT2D eigenvalue weighted by molar-refractivity contribution is -0.117. The van der Waals surface area contributed by atoms with E-state index in [1.54, 1.807) is 12.3 Å². The average Bonchev–Trinajstić information content (AvgIpc) is 3.45. The van der Waals surface area contributed by atoms with E-state index in [4.69, 9.17) is 0 Å². The van der Waals surface area contributed by atoms with Crippen LogP contribution in [0.15, 0.2) is 88.7 Å². The van der Waals surface area contributed by atoms with Crippen molar-refractivity contribution in [3.05, 3.63) is 101 Å². The standard InChI is InChI=1S/C36H47N7O2/c1-7-26(4)22-38-35-31(25(2)3)21-32(41-35)28-12-14-29(15-13-28)40-36(45)33-20-27(16-17-37-33)23-43-19-8-10-30(24-43)39-34(44)11-9-18-42(5)6/h9,11-17,20-22,30H,7-8,10,18-19,23-24H2,1-6H3,(H,38,41)(H,39,44)(H,40,45)/b11-9+,26-22?. The quantitative estimate of drug-likeness (QED) is 0.290. The molecule has 0 bridgehead atoms. The van der Waals surface area contributed by atoms with Crippen molar-refractivity contribution in [1.82, 2.24) is 25.4 Å². The Morgan fingerprint density at radius 1 is 1.16 bits per heavy atom. The first-order valence-electron chi connectivity index (χ1n) is 15.7. The summed E-state index contributed by atoms with van der Waals surface area (Å²) >= 11 is 0. The first kappa shape index (κ1) is 33.6. The molecule has 0 spiro atoms. The third-order valence-corrected chi connectivity index (χ3v) is 7.82. The summed E-state index contributed by atoms with van der Waals surface area (Å²) < 4.78 is 0. The zero-order chi connectivity index (χ0) is 32.3. The lowest BCUT2D eigenvalue weighted by atomic mass is 10.0. The molecule has 9 heteroatoms. The van der Waals surface area contributed by atoms with Gasteiger partial charge in [-0.15, -0.1) is 0 Å². The van der Waals surface area contributed by atoms with Crippen molar-refractivity contribution in [3.8, 4) is 0 Å². The fraction of sp³-hybridized carbons (Fsp3) is 0.389. The first-order valence-corrected chi connectivity index (χ1v) is 15.7. The number of anilines is 1. The van der Waals surface area contributed by atoms with Gasteiger partial charge in [0.25, 0.3) is 5.91 Å². The summed E-state index contributed by atoms with van der Waals surface area (Å²) in [7, 11) is 3.94. The molecule has 45 heavy (non-hydrogen) atoms. The Morgan fingerprint density at radius 3 is 2.64 bits per heavy atom. The van der Waals surface area contributed by atoms with Crippen LogP contribution >= 0.6 is 0 Å². The van der Waals surface area contributed by atoms with E-state index in [1.807, 2.05) is 67.7 Å². The zero-order valence-corrected chi connectivity index (χ0v) is 27.5. The average molecular weight is 610 g/mol. The Labute approximate surface area is 267 Å². The second kappa shape index (κ2) is 16.1. The minimum absolute atomic E-state index is 0.0537. The largest absolute Gasteiger partial charge is 0.349 e. The Morgan fingerprint density at radius 2 is 1.93 bits per heavy atom. The van der Waals surface area contributed by atoms with Crippen molar-refractivity contribution < 1.29 is 9.59 Å². The van der Waals surface area contributed by atoms with Crippen LogP contribution < -0.4 is 16.0 Å². The van der Waals surface area contributed by atoms with Crippen molar-refractivity contribution >= 4 is 29.0 Å². The lowest BCUT2D eigenvalue weighted by Gasteiger charge is -2.33. The predicted molar refractivity (Wildman–Crippen MR) is 184 cm³/mol. The van der Waals surface area contributed by atoms with Crippen LogP contribution in [-0.2, 0) is 11.3 Å². The molecule has 1 saturated heterocycles. The number of aromatic nitrogens is 1. The van der Waals surface area contributed by atoms with Gasteiger partial charge in [0.05, 0.1) is 0 Å². The number of aliphatic imine (C=N–C) groups is 1. The van der Waals surface area contributed by atoms with Gasteiger partial charge >= 0.3 is 0 Å². The number of nitrogens with one attached hydrogen (secondary N) is 3. The summed E-state index contributed by atoms with van der Waals surface area (Å²) in [6, 6.07) is 11.7. The summed E-state index contributed by atoms with van der Waals surface area (Å²) in [5.74, 6) is 0.538. The molecule has 3 heterocycles. The highest BCUT2D eigenvalue weighted by molar-refractivity contribution is 6.12. The Bertz CT molecular complexity index is 1510. The van der Waals surface area contributed by atoms with Gasteiger partial charge in [-0.2, -0.15) is 0 Å². The predicted octanol–water partition coefficient (Wildman–Crippen LogP) is 5.53. The second-order valence-electron chi connectivity index (χ2n) is 12.2. The molecule has 1 atom stereocenters. The molecule has 0 saturated carbocycles. The number of pyridine rings is 1. The second-order valence-corrected chi connectivity index (χ2v) is 12.2. The topological polar surface area (TPSA) is 102 Å². The van der Waals surface area contributed by atoms with Crippen molar-refractivity contribution in [2.75, 3.05) is 39.0 Å². The molecule has 238 valence electrons. The highest BCUT2D eigenvalue weighted by Crippen LogP contribution is 2.25. The number of amidine groups is 1. The van der Waals surface area contributed by atoms with Crippen LogP contribution in [-0.4, -0.2) is 72.2 Å². The van der Waals surface area contributed by atoms with Crippen molar-refractivity contribution in [1.29, 1.82) is 0 Å². The number of likely N-dealkylation sites (tertiary alicyclic amines) is 1. The molecular formula is C36H47N7O2. The fourth-order valence-corrected chi connectivity index (χ4v) is 5.17. The summed E-state index contributed by atoms with van der Waals surface area (Å²) in [5.41, 5.74) is 7.55. The maximum Gasteiger partial charge on any atom is 0.274 e. The van der Waals surface area contributed by atoms with Crippen molar-refractivity contribution in [2.45, 2.75) is 59.5 Å². The number of hydrogen-bond acceptors (Lipinski definition) is 6. The van der Waals surface area contributed by atoms with Gasteiger partial charge in [-0.3, -0.25) is 19.5 Å². The molecule has 2 aliphatic heterocycles. The minimum Gasteiger partial charge on any atom is -0.349 e. The fourth-order valence-electron chi connectivity index (χ4n) is 5.17. The molecule has 2 aromatic rings.